The van der Waals surface area contributed by atoms with E-state index in [1.165, 1.54) is 25.3 Å². The van der Waals surface area contributed by atoms with Crippen molar-refractivity contribution in [2.45, 2.75) is 0 Å². The molecule has 0 saturated heterocycles. The van der Waals surface area contributed by atoms with Crippen LogP contribution in [0.3, 0.4) is 0 Å². The highest BCUT2D eigenvalue weighted by molar-refractivity contribution is 9.10. The number of halogens is 1. The van der Waals surface area contributed by atoms with Crippen LogP contribution in [0.25, 0.3) is 0 Å². The van der Waals surface area contributed by atoms with Gasteiger partial charge >= 0.3 is 5.69 Å². The van der Waals surface area contributed by atoms with Crippen LogP contribution in [-0.4, -0.2) is 18.1 Å². The monoisotopic (exact) mass is 272 g/mol. The van der Waals surface area contributed by atoms with Gasteiger partial charge in [-0.15, -0.1) is 0 Å². The van der Waals surface area contributed by atoms with Crippen LogP contribution in [0, 0.1) is 10.1 Å². The maximum atomic E-state index is 10.7. The first-order valence-electron chi connectivity index (χ1n) is 3.70. The van der Waals surface area contributed by atoms with Crippen molar-refractivity contribution >= 4 is 33.4 Å². The number of isocyanates is 1. The Morgan fingerprint density at radius 3 is 2.73 bits per heavy atom. The molecule has 0 aliphatic heterocycles. The van der Waals surface area contributed by atoms with Gasteiger partial charge in [0.1, 0.15) is 5.75 Å². The molecule has 0 fully saturated rings. The fourth-order valence-electron chi connectivity index (χ4n) is 0.974. The molecular formula is C8H5BrN2O4. The van der Waals surface area contributed by atoms with Crippen molar-refractivity contribution in [3.8, 4) is 5.75 Å². The summed E-state index contributed by atoms with van der Waals surface area (Å²) in [4.78, 5) is 23.3. The van der Waals surface area contributed by atoms with E-state index < -0.39 is 4.92 Å². The molecule has 0 aliphatic carbocycles. The van der Waals surface area contributed by atoms with E-state index in [1.54, 1.807) is 0 Å². The van der Waals surface area contributed by atoms with Crippen LogP contribution in [0.2, 0.25) is 0 Å². The second kappa shape index (κ2) is 4.68. The number of hydrogen-bond donors (Lipinski definition) is 0. The van der Waals surface area contributed by atoms with Crippen molar-refractivity contribution in [2.75, 3.05) is 7.11 Å². The fourth-order valence-corrected chi connectivity index (χ4v) is 1.49. The number of aliphatic imine (C=N–C) groups is 1. The first-order valence-corrected chi connectivity index (χ1v) is 4.49. The van der Waals surface area contributed by atoms with Gasteiger partial charge < -0.3 is 4.74 Å². The Bertz CT molecular complexity index is 454. The molecule has 0 unspecified atom stereocenters. The number of nitro groups is 1. The molecule has 1 rings (SSSR count). The van der Waals surface area contributed by atoms with Crippen molar-refractivity contribution in [3.63, 3.8) is 0 Å². The van der Waals surface area contributed by atoms with E-state index in [-0.39, 0.29) is 11.4 Å². The molecule has 0 bridgehead atoms. The van der Waals surface area contributed by atoms with E-state index in [2.05, 4.69) is 20.9 Å². The Labute approximate surface area is 92.9 Å². The zero-order chi connectivity index (χ0) is 11.4. The third-order valence-corrected chi connectivity index (χ3v) is 2.21. The molecule has 0 aliphatic rings. The van der Waals surface area contributed by atoms with Gasteiger partial charge in [-0.3, -0.25) is 10.1 Å². The van der Waals surface area contributed by atoms with Crippen LogP contribution in [-0.2, 0) is 4.79 Å². The van der Waals surface area contributed by atoms with Crippen LogP contribution in [0.15, 0.2) is 21.6 Å². The molecule has 0 heterocycles. The van der Waals surface area contributed by atoms with Gasteiger partial charge in [0, 0.05) is 0 Å². The molecule has 1 aromatic carbocycles. The lowest BCUT2D eigenvalue weighted by atomic mass is 10.2. The highest BCUT2D eigenvalue weighted by atomic mass is 79.9. The zero-order valence-corrected chi connectivity index (χ0v) is 9.15. The Morgan fingerprint density at radius 2 is 2.27 bits per heavy atom. The molecule has 0 saturated carbocycles. The van der Waals surface area contributed by atoms with Gasteiger partial charge in [-0.25, -0.2) is 4.79 Å². The minimum atomic E-state index is -0.649. The number of ether oxygens (including phenoxy) is 1. The Kier molecular flexibility index (Phi) is 3.54. The molecule has 78 valence electrons. The second-order valence-electron chi connectivity index (χ2n) is 2.44. The van der Waals surface area contributed by atoms with Crippen LogP contribution in [0.4, 0.5) is 11.4 Å². The van der Waals surface area contributed by atoms with Crippen LogP contribution >= 0.6 is 15.9 Å². The van der Waals surface area contributed by atoms with Crippen LogP contribution in [0.1, 0.15) is 0 Å². The quantitative estimate of drug-likeness (QED) is 0.366. The average molecular weight is 273 g/mol. The topological polar surface area (TPSA) is 81.8 Å². The lowest BCUT2D eigenvalue weighted by Gasteiger charge is -2.03. The van der Waals surface area contributed by atoms with Gasteiger partial charge in [-0.2, -0.15) is 4.99 Å². The number of carbonyl (C=O) groups excluding carboxylic acids is 1. The molecule has 0 atom stereocenters. The first-order chi connectivity index (χ1) is 7.10. The summed E-state index contributed by atoms with van der Waals surface area (Å²) in [5, 5.41) is 10.7. The van der Waals surface area contributed by atoms with Crippen molar-refractivity contribution < 1.29 is 14.5 Å². The van der Waals surface area contributed by atoms with Gasteiger partial charge in [-0.05, 0) is 22.0 Å². The number of benzene rings is 1. The SMILES string of the molecule is COc1cc(Br)c(N=C=O)c([N+](=O)[O-])c1. The van der Waals surface area contributed by atoms with E-state index in [0.717, 1.165) is 0 Å². The normalized spacial score (nSPS) is 9.20. The molecule has 7 heteroatoms. The molecule has 6 nitrogen and oxygen atoms in total. The van der Waals surface area contributed by atoms with E-state index in [0.29, 0.717) is 10.2 Å². The lowest BCUT2D eigenvalue weighted by molar-refractivity contribution is -0.384. The third-order valence-electron chi connectivity index (χ3n) is 1.61. The Balaban J connectivity index is 3.48. The summed E-state index contributed by atoms with van der Waals surface area (Å²) in [5.41, 5.74) is -0.389. The van der Waals surface area contributed by atoms with Crippen molar-refractivity contribution in [3.05, 3.63) is 26.7 Å². The van der Waals surface area contributed by atoms with Gasteiger partial charge in [0.15, 0.2) is 5.69 Å². The number of methoxy groups -OCH3 is 1. The fraction of sp³-hybridized carbons (Fsp3) is 0.125. The predicted octanol–water partition coefficient (Wildman–Crippen LogP) is 2.33. The molecule has 1 aromatic rings. The van der Waals surface area contributed by atoms with E-state index >= 15 is 0 Å². The maximum absolute atomic E-state index is 10.7. The Morgan fingerprint density at radius 1 is 1.60 bits per heavy atom. The minimum Gasteiger partial charge on any atom is -0.496 e. The lowest BCUT2D eigenvalue weighted by Crippen LogP contribution is -1.91. The summed E-state index contributed by atoms with van der Waals surface area (Å²) in [7, 11) is 1.38. The highest BCUT2D eigenvalue weighted by Gasteiger charge is 2.18. The van der Waals surface area contributed by atoms with Crippen molar-refractivity contribution in [1.82, 2.24) is 0 Å². The highest BCUT2D eigenvalue weighted by Crippen LogP contribution is 2.38. The van der Waals surface area contributed by atoms with Crippen LogP contribution < -0.4 is 4.74 Å². The summed E-state index contributed by atoms with van der Waals surface area (Å²) in [6.07, 6.45) is 1.26. The number of hydrogen-bond acceptors (Lipinski definition) is 5. The standard InChI is InChI=1S/C8H5BrN2O4/c1-15-5-2-6(9)8(10-4-12)7(3-5)11(13)14/h2-3H,1H3. The molecule has 15 heavy (non-hydrogen) atoms. The second-order valence-corrected chi connectivity index (χ2v) is 3.29. The molecule has 0 aromatic heterocycles. The van der Waals surface area contributed by atoms with E-state index in [4.69, 9.17) is 4.74 Å². The number of nitrogens with zero attached hydrogens (tertiary/aromatic N) is 2. The summed E-state index contributed by atoms with van der Waals surface area (Å²) < 4.78 is 5.15. The summed E-state index contributed by atoms with van der Waals surface area (Å²) >= 11 is 3.05. The van der Waals surface area contributed by atoms with Crippen molar-refractivity contribution in [2.24, 2.45) is 4.99 Å². The Hall–Kier alpha value is -1.72. The predicted molar refractivity (Wildman–Crippen MR) is 55.1 cm³/mol. The maximum Gasteiger partial charge on any atom is 0.300 e. The zero-order valence-electron chi connectivity index (χ0n) is 7.56. The van der Waals surface area contributed by atoms with Crippen molar-refractivity contribution in [1.29, 1.82) is 0 Å². The largest absolute Gasteiger partial charge is 0.496 e. The molecule has 0 spiro atoms. The third kappa shape index (κ3) is 2.39. The smallest absolute Gasteiger partial charge is 0.300 e. The number of rotatable bonds is 3. The van der Waals surface area contributed by atoms with Gasteiger partial charge in [0.25, 0.3) is 0 Å². The molecule has 0 amide bonds. The van der Waals surface area contributed by atoms with Gasteiger partial charge in [0.05, 0.1) is 22.6 Å². The van der Waals surface area contributed by atoms with E-state index in [1.807, 2.05) is 0 Å². The molecule has 0 radical (unpaired) electrons. The summed E-state index contributed by atoms with van der Waals surface area (Å²) in [6, 6.07) is 2.66. The molecular weight excluding hydrogens is 268 g/mol. The number of nitro benzene ring substituents is 1. The molecule has 0 N–H and O–H groups in total. The van der Waals surface area contributed by atoms with Gasteiger partial charge in [-0.1, -0.05) is 0 Å². The minimum absolute atomic E-state index is 0.0733. The first kappa shape index (κ1) is 11.4. The van der Waals surface area contributed by atoms with Crippen LogP contribution in [0.5, 0.6) is 5.75 Å². The van der Waals surface area contributed by atoms with Gasteiger partial charge in [0.2, 0.25) is 6.08 Å². The van der Waals surface area contributed by atoms with E-state index in [9.17, 15) is 14.9 Å². The average Bonchev–Trinajstić information content (AvgIpc) is 2.20. The summed E-state index contributed by atoms with van der Waals surface area (Å²) in [5.74, 6) is 0.304. The summed E-state index contributed by atoms with van der Waals surface area (Å²) in [6.45, 7) is 0.